The molecule has 3 aromatic carbocycles. The number of nitrogens with one attached hydrogen (secondary N) is 1. The number of hydrogen-bond acceptors (Lipinski definition) is 3. The van der Waals surface area contributed by atoms with E-state index < -0.39 is 10.0 Å². The van der Waals surface area contributed by atoms with Gasteiger partial charge in [0.25, 0.3) is 5.91 Å². The quantitative estimate of drug-likeness (QED) is 0.481. The smallest absolute Gasteiger partial charge is 0.251 e. The first-order valence-corrected chi connectivity index (χ1v) is 12.9. The van der Waals surface area contributed by atoms with Crippen molar-refractivity contribution in [3.8, 4) is 0 Å². The van der Waals surface area contributed by atoms with Gasteiger partial charge in [0.2, 0.25) is 10.0 Å². The number of rotatable bonds is 8. The summed E-state index contributed by atoms with van der Waals surface area (Å²) >= 11 is 0. The number of amides is 1. The van der Waals surface area contributed by atoms with Crippen molar-refractivity contribution in [3.05, 3.63) is 100 Å². The van der Waals surface area contributed by atoms with Crippen LogP contribution >= 0.6 is 0 Å². The second-order valence-electron chi connectivity index (χ2n) is 8.58. The first-order valence-electron chi connectivity index (χ1n) is 11.1. The summed E-state index contributed by atoms with van der Waals surface area (Å²) in [5, 5.41) is 3.10. The Labute approximate surface area is 197 Å². The molecule has 0 heterocycles. The van der Waals surface area contributed by atoms with Crippen LogP contribution in [0, 0.1) is 20.8 Å². The summed E-state index contributed by atoms with van der Waals surface area (Å²) in [5.74, 6) is -0.150. The highest BCUT2D eigenvalue weighted by atomic mass is 32.2. The van der Waals surface area contributed by atoms with Gasteiger partial charge in [-0.2, -0.15) is 0 Å². The van der Waals surface area contributed by atoms with Gasteiger partial charge in [0, 0.05) is 5.56 Å². The van der Waals surface area contributed by atoms with Crippen LogP contribution in [-0.4, -0.2) is 20.6 Å². The number of carbonyl (C=O) groups is 1. The molecular formula is C27H32N2O3S. The topological polar surface area (TPSA) is 66.5 Å². The fraction of sp³-hybridized carbons (Fsp3) is 0.296. The minimum Gasteiger partial charge on any atom is -0.345 e. The number of sulfonamides is 1. The summed E-state index contributed by atoms with van der Waals surface area (Å²) in [6.07, 6.45) is 1.99. The van der Waals surface area contributed by atoms with Gasteiger partial charge < -0.3 is 5.32 Å². The van der Waals surface area contributed by atoms with Crippen LogP contribution in [0.3, 0.4) is 0 Å². The van der Waals surface area contributed by atoms with Crippen LogP contribution in [-0.2, 0) is 16.6 Å². The van der Waals surface area contributed by atoms with Gasteiger partial charge in [0.1, 0.15) is 0 Å². The molecular weight excluding hydrogens is 432 g/mol. The van der Waals surface area contributed by atoms with E-state index in [-0.39, 0.29) is 18.5 Å². The van der Waals surface area contributed by atoms with Gasteiger partial charge in [-0.1, -0.05) is 55.0 Å². The number of aryl methyl sites for hydroxylation is 3. The van der Waals surface area contributed by atoms with Gasteiger partial charge in [0.05, 0.1) is 24.5 Å². The number of nitrogens with zero attached hydrogens (tertiary/aromatic N) is 1. The lowest BCUT2D eigenvalue weighted by atomic mass is 10.0. The molecule has 0 aliphatic heterocycles. The zero-order valence-electron chi connectivity index (χ0n) is 19.9. The van der Waals surface area contributed by atoms with Gasteiger partial charge in [-0.15, -0.1) is 0 Å². The lowest BCUT2D eigenvalue weighted by molar-refractivity contribution is 0.0935. The van der Waals surface area contributed by atoms with Crippen LogP contribution in [0.5, 0.6) is 0 Å². The van der Waals surface area contributed by atoms with Crippen molar-refractivity contribution in [2.45, 2.75) is 46.7 Å². The third kappa shape index (κ3) is 6.23. The number of carbonyl (C=O) groups excluding carboxylic acids is 1. The van der Waals surface area contributed by atoms with Crippen molar-refractivity contribution in [1.29, 1.82) is 0 Å². The maximum atomic E-state index is 12.8. The van der Waals surface area contributed by atoms with Crippen molar-refractivity contribution < 1.29 is 13.2 Å². The number of hydrogen-bond donors (Lipinski definition) is 1. The lowest BCUT2D eigenvalue weighted by Crippen LogP contribution is -2.29. The zero-order chi connectivity index (χ0) is 24.2. The Morgan fingerprint density at radius 2 is 1.55 bits per heavy atom. The molecule has 6 heteroatoms. The second-order valence-corrected chi connectivity index (χ2v) is 10.5. The Morgan fingerprint density at radius 1 is 0.909 bits per heavy atom. The van der Waals surface area contributed by atoms with Crippen molar-refractivity contribution in [1.82, 2.24) is 5.32 Å². The molecule has 0 fully saturated rings. The summed E-state index contributed by atoms with van der Waals surface area (Å²) in [4.78, 5) is 12.8. The molecule has 33 heavy (non-hydrogen) atoms. The Hall–Kier alpha value is -3.12. The molecule has 0 aliphatic rings. The summed E-state index contributed by atoms with van der Waals surface area (Å²) < 4.78 is 26.3. The van der Waals surface area contributed by atoms with Gasteiger partial charge in [0.15, 0.2) is 0 Å². The predicted octanol–water partition coefficient (Wildman–Crippen LogP) is 5.46. The standard InChI is InChI=1S/C27H32N2O3S/c1-6-26(23-12-7-19(2)8-13-23)28-27(30)24-14-10-22(11-15-24)18-29(33(5,31)32)25-16-9-20(3)21(4)17-25/h7-17,26H,6,18H2,1-5H3,(H,28,30)/t26-/m1/s1. The molecule has 1 amide bonds. The fourth-order valence-electron chi connectivity index (χ4n) is 3.67. The average molecular weight is 465 g/mol. The van der Waals surface area contributed by atoms with E-state index in [0.717, 1.165) is 28.7 Å². The lowest BCUT2D eigenvalue weighted by Gasteiger charge is -2.23. The molecule has 3 aromatic rings. The van der Waals surface area contributed by atoms with Crippen LogP contribution in [0.25, 0.3) is 0 Å². The highest BCUT2D eigenvalue weighted by molar-refractivity contribution is 7.92. The van der Waals surface area contributed by atoms with Crippen LogP contribution in [0.15, 0.2) is 66.7 Å². The minimum atomic E-state index is -3.47. The average Bonchev–Trinajstić information content (AvgIpc) is 2.78. The van der Waals surface area contributed by atoms with E-state index in [0.29, 0.717) is 11.3 Å². The van der Waals surface area contributed by atoms with Crippen molar-refractivity contribution in [2.75, 3.05) is 10.6 Å². The number of benzene rings is 3. The first kappa shape index (κ1) is 24.5. The van der Waals surface area contributed by atoms with Gasteiger partial charge in [-0.05, 0) is 73.7 Å². The summed E-state index contributed by atoms with van der Waals surface area (Å²) in [5.41, 5.74) is 6.38. The minimum absolute atomic E-state index is 0.0664. The zero-order valence-corrected chi connectivity index (χ0v) is 20.7. The van der Waals surface area contributed by atoms with E-state index in [1.54, 1.807) is 24.3 Å². The molecule has 0 aromatic heterocycles. The van der Waals surface area contributed by atoms with Crippen molar-refractivity contribution in [2.24, 2.45) is 0 Å². The molecule has 0 radical (unpaired) electrons. The summed E-state index contributed by atoms with van der Waals surface area (Å²) in [6.45, 7) is 8.24. The molecule has 0 aliphatic carbocycles. The van der Waals surface area contributed by atoms with Crippen LogP contribution < -0.4 is 9.62 Å². The molecule has 0 saturated carbocycles. The van der Waals surface area contributed by atoms with Crippen LogP contribution in [0.4, 0.5) is 5.69 Å². The van der Waals surface area contributed by atoms with E-state index in [4.69, 9.17) is 0 Å². The van der Waals surface area contributed by atoms with E-state index in [9.17, 15) is 13.2 Å². The van der Waals surface area contributed by atoms with Gasteiger partial charge >= 0.3 is 0 Å². The Bertz CT molecular complexity index is 1220. The van der Waals surface area contributed by atoms with E-state index in [2.05, 4.69) is 5.32 Å². The highest BCUT2D eigenvalue weighted by Crippen LogP contribution is 2.24. The Morgan fingerprint density at radius 3 is 2.09 bits per heavy atom. The SMILES string of the molecule is CC[C@@H](NC(=O)c1ccc(CN(c2ccc(C)c(C)c2)S(C)(=O)=O)cc1)c1ccc(C)cc1. The normalized spacial score (nSPS) is 12.3. The fourth-order valence-corrected chi connectivity index (χ4v) is 4.55. The molecule has 0 saturated heterocycles. The first-order chi connectivity index (χ1) is 15.6. The van der Waals surface area contributed by atoms with Crippen molar-refractivity contribution in [3.63, 3.8) is 0 Å². The highest BCUT2D eigenvalue weighted by Gasteiger charge is 2.19. The molecule has 5 nitrogen and oxygen atoms in total. The molecule has 3 rings (SSSR count). The summed E-state index contributed by atoms with van der Waals surface area (Å²) in [6, 6.07) is 20.8. The van der Waals surface area contributed by atoms with Crippen molar-refractivity contribution >= 4 is 21.6 Å². The number of anilines is 1. The van der Waals surface area contributed by atoms with Crippen LogP contribution in [0.1, 0.15) is 57.6 Å². The molecule has 174 valence electrons. The molecule has 1 N–H and O–H groups in total. The Kier molecular flexibility index (Phi) is 7.59. The maximum absolute atomic E-state index is 12.8. The molecule has 0 spiro atoms. The van der Waals surface area contributed by atoms with Gasteiger partial charge in [-0.3, -0.25) is 9.10 Å². The van der Waals surface area contributed by atoms with Gasteiger partial charge in [-0.25, -0.2) is 8.42 Å². The van der Waals surface area contributed by atoms with E-state index >= 15 is 0 Å². The maximum Gasteiger partial charge on any atom is 0.251 e. The third-order valence-electron chi connectivity index (χ3n) is 5.91. The third-order valence-corrected chi connectivity index (χ3v) is 7.05. The molecule has 0 bridgehead atoms. The second kappa shape index (κ2) is 10.2. The van der Waals surface area contributed by atoms with Crippen LogP contribution in [0.2, 0.25) is 0 Å². The Balaban J connectivity index is 1.75. The summed E-state index contributed by atoms with van der Waals surface area (Å²) in [7, 11) is -3.47. The largest absolute Gasteiger partial charge is 0.345 e. The monoisotopic (exact) mass is 464 g/mol. The van der Waals surface area contributed by atoms with E-state index in [1.165, 1.54) is 16.1 Å². The molecule has 1 atom stereocenters. The molecule has 0 unspecified atom stereocenters. The van der Waals surface area contributed by atoms with E-state index in [1.807, 2.05) is 70.2 Å². The predicted molar refractivity (Wildman–Crippen MR) is 135 cm³/mol.